The van der Waals surface area contributed by atoms with Crippen LogP contribution in [-0.2, 0) is 0 Å². The van der Waals surface area contributed by atoms with E-state index in [0.29, 0.717) is 0 Å². The van der Waals surface area contributed by atoms with E-state index >= 15 is 0 Å². The molecule has 5 heavy (non-hydrogen) atoms. The summed E-state index contributed by atoms with van der Waals surface area (Å²) >= 11 is 0. The predicted octanol–water partition coefficient (Wildman–Crippen LogP) is -5.38. The summed E-state index contributed by atoms with van der Waals surface area (Å²) in [6.45, 7) is 0. The van der Waals surface area contributed by atoms with Crippen LogP contribution in [0.1, 0.15) is 0 Å². The van der Waals surface area contributed by atoms with Crippen molar-refractivity contribution in [2.24, 2.45) is 0 Å². The summed E-state index contributed by atoms with van der Waals surface area (Å²) in [5, 5.41) is 0. The van der Waals surface area contributed by atoms with Crippen LogP contribution in [0.25, 0.3) is 0 Å². The summed E-state index contributed by atoms with van der Waals surface area (Å²) in [6, 6.07) is 0. The van der Waals surface area contributed by atoms with E-state index in [9.17, 15) is 0 Å². The first-order valence-corrected chi connectivity index (χ1v) is 0. The van der Waals surface area contributed by atoms with E-state index in [-0.39, 0.29) is 61.5 Å². The van der Waals surface area contributed by atoms with Crippen molar-refractivity contribution in [2.75, 3.05) is 0 Å². The van der Waals surface area contributed by atoms with E-state index in [2.05, 4.69) is 0 Å². The molecular formula is H13AlB3Li. The maximum absolute atomic E-state index is 0. The van der Waals surface area contributed by atoms with E-state index in [4.69, 9.17) is 0 Å². The average Bonchev–Trinajstić information content (AvgIpc) is 0. The van der Waals surface area contributed by atoms with Gasteiger partial charge in [-0.1, -0.05) is 25.2 Å². The van der Waals surface area contributed by atoms with Crippen LogP contribution in [0.5, 0.6) is 0 Å². The summed E-state index contributed by atoms with van der Waals surface area (Å²) in [6.07, 6.45) is 0. The van der Waals surface area contributed by atoms with E-state index in [1.807, 2.05) is 0 Å². The van der Waals surface area contributed by atoms with Crippen molar-refractivity contribution in [2.45, 2.75) is 0 Å². The normalized spacial score (nSPS) is 0. The van der Waals surface area contributed by atoms with Gasteiger partial charge in [0.2, 0.25) is 0 Å². The van der Waals surface area contributed by atoms with Gasteiger partial charge in [0.15, 0.2) is 0 Å². The third-order valence-corrected chi connectivity index (χ3v) is 0. The van der Waals surface area contributed by atoms with Gasteiger partial charge < -0.3 is 0 Å². The van der Waals surface area contributed by atoms with Crippen molar-refractivity contribution in [3.8, 4) is 0 Å². The topological polar surface area (TPSA) is 0 Å². The molecule has 0 N–H and O–H groups in total. The Balaban J connectivity index is 0. The standard InChI is InChI=1S/Al.3BH4.Li.H/h;3*1H4;;/q+3;3*-1;;. The Morgan fingerprint density at radius 1 is 0.600 bits per heavy atom. The molecular weight excluding hydrogens is 66.4 g/mol. The fourth-order valence-electron chi connectivity index (χ4n) is 0. The molecule has 0 fully saturated rings. The zero-order valence-electron chi connectivity index (χ0n) is 0.577. The van der Waals surface area contributed by atoms with Crippen molar-refractivity contribution in [3.63, 3.8) is 0 Å². The van der Waals surface area contributed by atoms with E-state index < -0.39 is 0 Å². The van der Waals surface area contributed by atoms with Crippen molar-refractivity contribution in [1.82, 2.24) is 0 Å². The van der Waals surface area contributed by atoms with E-state index in [1.54, 1.807) is 0 Å². The summed E-state index contributed by atoms with van der Waals surface area (Å²) in [4.78, 5) is 0. The molecule has 0 aromatic carbocycles. The molecule has 0 amide bonds. The second-order valence-corrected chi connectivity index (χ2v) is 0. The van der Waals surface area contributed by atoms with Crippen molar-refractivity contribution < 1.29 is 0 Å². The van der Waals surface area contributed by atoms with Crippen LogP contribution in [0.2, 0.25) is 0 Å². The fraction of sp³-hybridized carbons (Fsp3) is 0. The van der Waals surface area contributed by atoms with Gasteiger partial charge in [0, 0.05) is 0 Å². The molecule has 0 aliphatic rings. The molecule has 0 atom stereocenters. The van der Waals surface area contributed by atoms with Crippen molar-refractivity contribution in [3.05, 3.63) is 0 Å². The third kappa shape index (κ3) is 33.5. The molecule has 0 bridgehead atoms. The van der Waals surface area contributed by atoms with Crippen LogP contribution in [0, 0.1) is 0 Å². The van der Waals surface area contributed by atoms with Gasteiger partial charge in [-0.2, -0.15) is 0 Å². The molecule has 0 saturated heterocycles. The molecule has 0 spiro atoms. The first-order valence-electron chi connectivity index (χ1n) is 0. The molecule has 0 aromatic heterocycles. The Bertz CT molecular complexity index is 6.85. The van der Waals surface area contributed by atoms with Crippen LogP contribution in [0.15, 0.2) is 0 Å². The fourth-order valence-corrected chi connectivity index (χ4v) is 0. The first kappa shape index (κ1) is 102. The van der Waals surface area contributed by atoms with Gasteiger partial charge in [-0.25, -0.2) is 0 Å². The summed E-state index contributed by atoms with van der Waals surface area (Å²) in [7, 11) is 0. The molecule has 0 aliphatic heterocycles. The average molecular weight is 79.5 g/mol. The van der Waals surface area contributed by atoms with Gasteiger partial charge in [0.05, 0.1) is 0 Å². The van der Waals surface area contributed by atoms with Crippen LogP contribution < -0.4 is 0 Å². The van der Waals surface area contributed by atoms with Gasteiger partial charge in [-0.15, -0.1) is 0 Å². The SMILES string of the molecule is [Al+3].[BH4-].[BH4-].[BH4-].[LiH]. The monoisotopic (exact) mass is 80.1 g/mol. The van der Waals surface area contributed by atoms with Crippen LogP contribution in [0.4, 0.5) is 0 Å². The van der Waals surface area contributed by atoms with Gasteiger partial charge in [0.25, 0.3) is 0 Å². The molecule has 0 aliphatic carbocycles. The second kappa shape index (κ2) is 56.8. The Labute approximate surface area is 61.5 Å². The van der Waals surface area contributed by atoms with Crippen molar-refractivity contribution in [1.29, 1.82) is 0 Å². The third-order valence-electron chi connectivity index (χ3n) is 0. The van der Waals surface area contributed by atoms with Crippen molar-refractivity contribution >= 4 is 61.5 Å². The van der Waals surface area contributed by atoms with Gasteiger partial charge >= 0.3 is 36.2 Å². The second-order valence-electron chi connectivity index (χ2n) is 0. The molecule has 0 radical (unpaired) electrons. The molecule has 5 heteroatoms. The van der Waals surface area contributed by atoms with Gasteiger partial charge in [0.1, 0.15) is 0 Å². The summed E-state index contributed by atoms with van der Waals surface area (Å²) < 4.78 is 0. The number of hydrogen-bond donors (Lipinski definition) is 0. The molecule has 0 saturated carbocycles. The van der Waals surface area contributed by atoms with Gasteiger partial charge in [-0.3, -0.25) is 0 Å². The zero-order valence-corrected chi connectivity index (χ0v) is 1.73. The van der Waals surface area contributed by atoms with Crippen LogP contribution in [-0.4, -0.2) is 61.5 Å². The molecule has 0 unspecified atom stereocenters. The summed E-state index contributed by atoms with van der Waals surface area (Å²) in [5.74, 6) is 0. The molecule has 26 valence electrons. The number of hydrogen-bond acceptors (Lipinski definition) is 0. The molecule has 0 heterocycles. The van der Waals surface area contributed by atoms with E-state index in [0.717, 1.165) is 0 Å². The van der Waals surface area contributed by atoms with Gasteiger partial charge in [-0.05, 0) is 0 Å². The Morgan fingerprint density at radius 3 is 0.600 bits per heavy atom. The minimum atomic E-state index is 0. The minimum absolute atomic E-state index is 0. The predicted molar refractivity (Wildman–Crippen MR) is 46.9 cm³/mol. The quantitative estimate of drug-likeness (QED) is 0.254. The molecule has 0 rings (SSSR count). The first-order chi connectivity index (χ1) is 0. The summed E-state index contributed by atoms with van der Waals surface area (Å²) in [5.41, 5.74) is 0. The number of rotatable bonds is 0. The van der Waals surface area contributed by atoms with E-state index in [1.165, 1.54) is 0 Å². The Kier molecular flexibility index (Phi) is 1160. The Morgan fingerprint density at radius 2 is 0.600 bits per heavy atom. The Hall–Kier alpha value is 1.32. The maximum atomic E-state index is 0. The molecule has 0 aromatic rings. The zero-order chi connectivity index (χ0) is 0. The molecule has 0 nitrogen and oxygen atoms in total. The van der Waals surface area contributed by atoms with Crippen LogP contribution in [0.3, 0.4) is 0 Å². The van der Waals surface area contributed by atoms with Crippen LogP contribution >= 0.6 is 0 Å².